The van der Waals surface area contributed by atoms with Crippen molar-refractivity contribution in [3.63, 3.8) is 0 Å². The van der Waals surface area contributed by atoms with E-state index in [1.807, 2.05) is 54.3 Å². The standard InChI is InChI=1S/C24H29N3O3/c1-17-8-10-21(25-18(2)28)22(16-17)26-24(30)20-12-14-27(15-13-20)23(29)11-9-19-6-4-3-5-7-19/h3-8,10,16,20H,9,11-15H2,1-2H3,(H,25,28)(H,26,30). The largest absolute Gasteiger partial charge is 0.343 e. The number of nitrogens with one attached hydrogen (secondary N) is 2. The summed E-state index contributed by atoms with van der Waals surface area (Å²) in [5.74, 6) is -0.251. The summed E-state index contributed by atoms with van der Waals surface area (Å²) in [6.07, 6.45) is 2.51. The smallest absolute Gasteiger partial charge is 0.227 e. The first-order valence-corrected chi connectivity index (χ1v) is 10.4. The molecule has 2 N–H and O–H groups in total. The van der Waals surface area contributed by atoms with Gasteiger partial charge >= 0.3 is 0 Å². The van der Waals surface area contributed by atoms with Crippen LogP contribution < -0.4 is 10.6 Å². The van der Waals surface area contributed by atoms with Crippen molar-refractivity contribution in [2.24, 2.45) is 5.92 Å². The molecule has 1 saturated heterocycles. The Labute approximate surface area is 177 Å². The molecule has 1 fully saturated rings. The Bertz CT molecular complexity index is 903. The SMILES string of the molecule is CC(=O)Nc1ccc(C)cc1NC(=O)C1CCN(C(=O)CCc2ccccc2)CC1. The molecule has 0 saturated carbocycles. The molecule has 2 aromatic carbocycles. The molecule has 2 aromatic rings. The lowest BCUT2D eigenvalue weighted by atomic mass is 9.95. The van der Waals surface area contributed by atoms with Crippen LogP contribution in [-0.4, -0.2) is 35.7 Å². The highest BCUT2D eigenvalue weighted by Crippen LogP contribution is 2.26. The van der Waals surface area contributed by atoms with Crippen LogP contribution in [0.5, 0.6) is 0 Å². The first-order valence-electron chi connectivity index (χ1n) is 10.4. The van der Waals surface area contributed by atoms with Crippen molar-refractivity contribution in [3.05, 3.63) is 59.7 Å². The molecular weight excluding hydrogens is 378 g/mol. The molecule has 3 rings (SSSR count). The Balaban J connectivity index is 1.51. The van der Waals surface area contributed by atoms with Crippen molar-refractivity contribution in [2.45, 2.75) is 39.5 Å². The zero-order chi connectivity index (χ0) is 21.5. The number of likely N-dealkylation sites (tertiary alicyclic amines) is 1. The van der Waals surface area contributed by atoms with Crippen LogP contribution in [0.3, 0.4) is 0 Å². The van der Waals surface area contributed by atoms with Gasteiger partial charge in [0.05, 0.1) is 11.4 Å². The van der Waals surface area contributed by atoms with Gasteiger partial charge in [-0.1, -0.05) is 36.4 Å². The van der Waals surface area contributed by atoms with Crippen LogP contribution in [0.4, 0.5) is 11.4 Å². The number of anilines is 2. The van der Waals surface area contributed by atoms with E-state index in [-0.39, 0.29) is 23.6 Å². The zero-order valence-corrected chi connectivity index (χ0v) is 17.6. The van der Waals surface area contributed by atoms with Gasteiger partial charge in [0, 0.05) is 32.4 Å². The molecule has 0 spiro atoms. The van der Waals surface area contributed by atoms with Crippen LogP contribution in [0, 0.1) is 12.8 Å². The molecule has 6 heteroatoms. The lowest BCUT2D eigenvalue weighted by Crippen LogP contribution is -2.41. The minimum absolute atomic E-state index is 0.0661. The van der Waals surface area contributed by atoms with Gasteiger partial charge in [-0.2, -0.15) is 0 Å². The van der Waals surface area contributed by atoms with E-state index >= 15 is 0 Å². The van der Waals surface area contributed by atoms with Gasteiger partial charge in [-0.3, -0.25) is 14.4 Å². The van der Waals surface area contributed by atoms with Crippen molar-refractivity contribution in [2.75, 3.05) is 23.7 Å². The molecule has 0 radical (unpaired) electrons. The highest BCUT2D eigenvalue weighted by atomic mass is 16.2. The van der Waals surface area contributed by atoms with Gasteiger partial charge in [-0.05, 0) is 49.4 Å². The molecule has 0 aromatic heterocycles. The van der Waals surface area contributed by atoms with E-state index in [0.29, 0.717) is 43.7 Å². The number of carbonyl (C=O) groups is 3. The Kier molecular flexibility index (Phi) is 7.22. The summed E-state index contributed by atoms with van der Waals surface area (Å²) in [4.78, 5) is 38.6. The van der Waals surface area contributed by atoms with E-state index in [1.165, 1.54) is 6.92 Å². The fourth-order valence-electron chi connectivity index (χ4n) is 3.74. The predicted molar refractivity (Wildman–Crippen MR) is 118 cm³/mol. The first kappa shape index (κ1) is 21.6. The number of nitrogens with zero attached hydrogens (tertiary/aromatic N) is 1. The summed E-state index contributed by atoms with van der Waals surface area (Å²) >= 11 is 0. The highest BCUT2D eigenvalue weighted by Gasteiger charge is 2.27. The van der Waals surface area contributed by atoms with Crippen LogP contribution in [0.25, 0.3) is 0 Å². The number of carbonyl (C=O) groups excluding carboxylic acids is 3. The predicted octanol–water partition coefficient (Wildman–Crippen LogP) is 3.76. The Morgan fingerprint density at radius 3 is 2.33 bits per heavy atom. The minimum Gasteiger partial charge on any atom is -0.343 e. The zero-order valence-electron chi connectivity index (χ0n) is 17.6. The number of benzene rings is 2. The molecule has 1 heterocycles. The minimum atomic E-state index is -0.184. The number of hydrogen-bond acceptors (Lipinski definition) is 3. The Hall–Kier alpha value is -3.15. The van der Waals surface area contributed by atoms with Crippen LogP contribution in [0.15, 0.2) is 48.5 Å². The normalized spacial score (nSPS) is 14.3. The second kappa shape index (κ2) is 10.1. The maximum atomic E-state index is 12.8. The molecule has 3 amide bonds. The topological polar surface area (TPSA) is 78.5 Å². The van der Waals surface area contributed by atoms with E-state index in [2.05, 4.69) is 10.6 Å². The first-order chi connectivity index (χ1) is 14.4. The summed E-state index contributed by atoms with van der Waals surface area (Å²) in [7, 11) is 0. The van der Waals surface area contributed by atoms with Gasteiger partial charge in [0.15, 0.2) is 0 Å². The summed E-state index contributed by atoms with van der Waals surface area (Å²) in [6.45, 7) is 4.57. The van der Waals surface area contributed by atoms with Gasteiger partial charge in [0.2, 0.25) is 17.7 Å². The number of piperidine rings is 1. The van der Waals surface area contributed by atoms with E-state index in [0.717, 1.165) is 17.5 Å². The molecule has 1 aliphatic heterocycles. The fourth-order valence-corrected chi connectivity index (χ4v) is 3.74. The van der Waals surface area contributed by atoms with Gasteiger partial charge in [-0.25, -0.2) is 0 Å². The third-order valence-electron chi connectivity index (χ3n) is 5.43. The number of hydrogen-bond donors (Lipinski definition) is 2. The number of rotatable bonds is 6. The summed E-state index contributed by atoms with van der Waals surface area (Å²) in [5, 5.41) is 5.71. The maximum absolute atomic E-state index is 12.8. The van der Waals surface area contributed by atoms with Crippen molar-refractivity contribution in [1.82, 2.24) is 4.90 Å². The second-order valence-corrected chi connectivity index (χ2v) is 7.86. The van der Waals surface area contributed by atoms with Crippen LogP contribution in [0.2, 0.25) is 0 Å². The third kappa shape index (κ3) is 5.92. The second-order valence-electron chi connectivity index (χ2n) is 7.86. The Morgan fingerprint density at radius 2 is 1.67 bits per heavy atom. The average molecular weight is 408 g/mol. The highest BCUT2D eigenvalue weighted by molar-refractivity contribution is 5.99. The van der Waals surface area contributed by atoms with Crippen molar-refractivity contribution >= 4 is 29.1 Å². The molecule has 30 heavy (non-hydrogen) atoms. The summed E-state index contributed by atoms with van der Waals surface area (Å²) < 4.78 is 0. The lowest BCUT2D eigenvalue weighted by Gasteiger charge is -2.31. The molecule has 0 bridgehead atoms. The maximum Gasteiger partial charge on any atom is 0.227 e. The van der Waals surface area contributed by atoms with Crippen molar-refractivity contribution in [1.29, 1.82) is 0 Å². The third-order valence-corrected chi connectivity index (χ3v) is 5.43. The van der Waals surface area contributed by atoms with Crippen LogP contribution in [-0.2, 0) is 20.8 Å². The average Bonchev–Trinajstić information content (AvgIpc) is 2.74. The number of aryl methyl sites for hydroxylation is 2. The fraction of sp³-hybridized carbons (Fsp3) is 0.375. The van der Waals surface area contributed by atoms with Gasteiger partial charge in [0.25, 0.3) is 0 Å². The van der Waals surface area contributed by atoms with Crippen molar-refractivity contribution < 1.29 is 14.4 Å². The molecule has 1 aliphatic rings. The molecule has 158 valence electrons. The van der Waals surface area contributed by atoms with Gasteiger partial charge < -0.3 is 15.5 Å². The molecular formula is C24H29N3O3. The van der Waals surface area contributed by atoms with E-state index in [1.54, 1.807) is 6.07 Å². The summed E-state index contributed by atoms with van der Waals surface area (Å²) in [6, 6.07) is 15.5. The monoisotopic (exact) mass is 407 g/mol. The molecule has 6 nitrogen and oxygen atoms in total. The quantitative estimate of drug-likeness (QED) is 0.765. The molecule has 0 atom stereocenters. The molecule has 0 aliphatic carbocycles. The number of amides is 3. The van der Waals surface area contributed by atoms with E-state index < -0.39 is 0 Å². The lowest BCUT2D eigenvalue weighted by molar-refractivity contribution is -0.134. The van der Waals surface area contributed by atoms with Gasteiger partial charge in [0.1, 0.15) is 0 Å². The van der Waals surface area contributed by atoms with Gasteiger partial charge in [-0.15, -0.1) is 0 Å². The van der Waals surface area contributed by atoms with Crippen LogP contribution in [0.1, 0.15) is 37.3 Å². The van der Waals surface area contributed by atoms with E-state index in [4.69, 9.17) is 0 Å². The summed E-state index contributed by atoms with van der Waals surface area (Å²) in [5.41, 5.74) is 3.36. The van der Waals surface area contributed by atoms with Crippen molar-refractivity contribution in [3.8, 4) is 0 Å². The van der Waals surface area contributed by atoms with Crippen LogP contribution >= 0.6 is 0 Å². The Morgan fingerprint density at radius 1 is 0.967 bits per heavy atom. The molecule has 0 unspecified atom stereocenters. The van der Waals surface area contributed by atoms with E-state index in [9.17, 15) is 14.4 Å².